The van der Waals surface area contributed by atoms with E-state index in [0.29, 0.717) is 44.6 Å². The Kier molecular flexibility index (Phi) is 49.3. The minimum atomic E-state index is -0.330. The molecule has 3 unspecified atom stereocenters. The van der Waals surface area contributed by atoms with E-state index < -0.39 is 0 Å². The average Bonchev–Trinajstić information content (AvgIpc) is 3.22. The molecule has 0 aromatic heterocycles. The number of allylic oxidation sites excluding steroid dienone is 1. The van der Waals surface area contributed by atoms with Gasteiger partial charge in [0.05, 0.1) is 44.9 Å². The van der Waals surface area contributed by atoms with Crippen molar-refractivity contribution in [1.29, 1.82) is 0 Å². The molecule has 0 saturated heterocycles. The second kappa shape index (κ2) is 48.5. The Labute approximate surface area is 362 Å². The SMILES string of the molecule is C=C(OCCCC)C(CCCCCC)CCCCCCCC.CCCCCCCCC(CCCCCC)COC(=O)CCCCCN(CCOCCO)CC(O)CC. The largest absolute Gasteiger partial charge is 0.498 e. The van der Waals surface area contributed by atoms with E-state index in [1.165, 1.54) is 161 Å². The van der Waals surface area contributed by atoms with Crippen LogP contribution in [0, 0.1) is 11.8 Å². The summed E-state index contributed by atoms with van der Waals surface area (Å²) in [5, 5.41) is 18.9. The van der Waals surface area contributed by atoms with E-state index in [1.807, 2.05) is 6.92 Å². The van der Waals surface area contributed by atoms with E-state index in [1.54, 1.807) is 0 Å². The van der Waals surface area contributed by atoms with Crippen LogP contribution in [0.2, 0.25) is 0 Å². The molecular weight excluding hydrogens is 723 g/mol. The van der Waals surface area contributed by atoms with Crippen LogP contribution < -0.4 is 0 Å². The summed E-state index contributed by atoms with van der Waals surface area (Å²) in [6.45, 7) is 22.2. The maximum atomic E-state index is 12.4. The molecular formula is C51H103NO6. The highest BCUT2D eigenvalue weighted by atomic mass is 16.5. The number of hydrogen-bond acceptors (Lipinski definition) is 7. The molecule has 0 spiro atoms. The van der Waals surface area contributed by atoms with Crippen LogP contribution >= 0.6 is 0 Å². The van der Waals surface area contributed by atoms with Crippen molar-refractivity contribution in [2.45, 2.75) is 247 Å². The van der Waals surface area contributed by atoms with Crippen LogP contribution in [0.1, 0.15) is 241 Å². The van der Waals surface area contributed by atoms with Gasteiger partial charge in [-0.3, -0.25) is 9.69 Å². The zero-order chi connectivity index (χ0) is 43.2. The van der Waals surface area contributed by atoms with Gasteiger partial charge in [-0.15, -0.1) is 0 Å². The molecule has 7 nitrogen and oxygen atoms in total. The molecule has 0 heterocycles. The summed E-state index contributed by atoms with van der Waals surface area (Å²) in [5.74, 6) is 2.13. The molecule has 7 heteroatoms. The first-order valence-electron chi connectivity index (χ1n) is 25.4. The zero-order valence-electron chi connectivity index (χ0n) is 40.0. The molecule has 0 rings (SSSR count). The van der Waals surface area contributed by atoms with Crippen molar-refractivity contribution < 1.29 is 29.2 Å². The molecule has 0 aliphatic rings. The number of rotatable bonds is 45. The highest BCUT2D eigenvalue weighted by Crippen LogP contribution is 2.26. The number of carbonyl (C=O) groups is 1. The molecule has 2 N–H and O–H groups in total. The van der Waals surface area contributed by atoms with Crippen molar-refractivity contribution in [3.63, 3.8) is 0 Å². The maximum Gasteiger partial charge on any atom is 0.305 e. The lowest BCUT2D eigenvalue weighted by Gasteiger charge is -2.24. The maximum absolute atomic E-state index is 12.4. The standard InChI is InChI=1S/C30H61NO5.C21H42O/c1-4-7-9-11-12-15-19-28(18-14-10-8-5-2)27-36-30(34)20-16-13-17-21-31(26-29(33)6-3)22-24-35-25-23-32;1-5-8-11-13-14-16-18-21(17-15-12-9-6-2)20(4)22-19-10-7-3/h28-29,32-33H,4-27H2,1-3H3;21H,4-19H2,1-3H3. The quantitative estimate of drug-likeness (QED) is 0.0359. The first kappa shape index (κ1) is 58.9. The molecule has 0 aromatic rings. The lowest BCUT2D eigenvalue weighted by Crippen LogP contribution is -2.35. The topological polar surface area (TPSA) is 88.5 Å². The second-order valence-corrected chi connectivity index (χ2v) is 17.2. The Morgan fingerprint density at radius 3 is 1.55 bits per heavy atom. The van der Waals surface area contributed by atoms with Crippen molar-refractivity contribution in [1.82, 2.24) is 4.90 Å². The van der Waals surface area contributed by atoms with E-state index >= 15 is 0 Å². The fourth-order valence-corrected chi connectivity index (χ4v) is 7.45. The Balaban J connectivity index is 0. The van der Waals surface area contributed by atoms with E-state index in [-0.39, 0.29) is 18.7 Å². The lowest BCUT2D eigenvalue weighted by atomic mass is 9.93. The predicted molar refractivity (Wildman–Crippen MR) is 251 cm³/mol. The summed E-state index contributed by atoms with van der Waals surface area (Å²) in [6, 6.07) is 0. The minimum Gasteiger partial charge on any atom is -0.498 e. The molecule has 0 fully saturated rings. The summed E-state index contributed by atoms with van der Waals surface area (Å²) < 4.78 is 17.0. The smallest absolute Gasteiger partial charge is 0.305 e. The molecule has 0 aromatic carbocycles. The average molecular weight is 826 g/mol. The van der Waals surface area contributed by atoms with Crippen LogP contribution in [0.15, 0.2) is 12.3 Å². The molecule has 0 bridgehead atoms. The van der Waals surface area contributed by atoms with Crippen LogP contribution in [0.5, 0.6) is 0 Å². The number of aliphatic hydroxyl groups is 2. The Bertz CT molecular complexity index is 825. The van der Waals surface area contributed by atoms with Gasteiger partial charge in [0.2, 0.25) is 0 Å². The summed E-state index contributed by atoms with van der Waals surface area (Å²) in [5.41, 5.74) is 0. The van der Waals surface area contributed by atoms with E-state index in [4.69, 9.17) is 19.3 Å². The van der Waals surface area contributed by atoms with Crippen LogP contribution in [-0.2, 0) is 19.0 Å². The van der Waals surface area contributed by atoms with Crippen LogP contribution in [0.25, 0.3) is 0 Å². The molecule has 348 valence electrons. The third-order valence-corrected chi connectivity index (χ3v) is 11.5. The van der Waals surface area contributed by atoms with Crippen molar-refractivity contribution in [3.05, 3.63) is 12.3 Å². The van der Waals surface area contributed by atoms with Gasteiger partial charge in [0.25, 0.3) is 0 Å². The van der Waals surface area contributed by atoms with Gasteiger partial charge in [-0.2, -0.15) is 0 Å². The fourth-order valence-electron chi connectivity index (χ4n) is 7.45. The van der Waals surface area contributed by atoms with Crippen molar-refractivity contribution in [2.24, 2.45) is 11.8 Å². The van der Waals surface area contributed by atoms with Crippen LogP contribution in [0.3, 0.4) is 0 Å². The second-order valence-electron chi connectivity index (χ2n) is 17.2. The number of ether oxygens (including phenoxy) is 3. The molecule has 0 saturated carbocycles. The Morgan fingerprint density at radius 2 is 1.03 bits per heavy atom. The molecule has 58 heavy (non-hydrogen) atoms. The number of carbonyl (C=O) groups excluding carboxylic acids is 1. The predicted octanol–water partition coefficient (Wildman–Crippen LogP) is 14.2. The van der Waals surface area contributed by atoms with Crippen molar-refractivity contribution in [2.75, 3.05) is 52.7 Å². The molecule has 0 aliphatic carbocycles. The van der Waals surface area contributed by atoms with Gasteiger partial charge >= 0.3 is 5.97 Å². The van der Waals surface area contributed by atoms with E-state index in [0.717, 1.165) is 57.6 Å². The van der Waals surface area contributed by atoms with Gasteiger partial charge in [-0.05, 0) is 63.8 Å². The normalized spacial score (nSPS) is 12.9. The lowest BCUT2D eigenvalue weighted by molar-refractivity contribution is -0.145. The molecule has 3 atom stereocenters. The monoisotopic (exact) mass is 826 g/mol. The first-order valence-corrected chi connectivity index (χ1v) is 25.4. The molecule has 0 radical (unpaired) electrons. The van der Waals surface area contributed by atoms with Crippen molar-refractivity contribution in [3.8, 4) is 0 Å². The van der Waals surface area contributed by atoms with Gasteiger partial charge in [-0.1, -0.05) is 189 Å². The number of aliphatic hydroxyl groups excluding tert-OH is 2. The highest BCUT2D eigenvalue weighted by Gasteiger charge is 2.15. The van der Waals surface area contributed by atoms with Gasteiger partial charge < -0.3 is 24.4 Å². The third-order valence-electron chi connectivity index (χ3n) is 11.5. The van der Waals surface area contributed by atoms with Gasteiger partial charge in [0.1, 0.15) is 0 Å². The van der Waals surface area contributed by atoms with Gasteiger partial charge in [0.15, 0.2) is 0 Å². The van der Waals surface area contributed by atoms with E-state index in [9.17, 15) is 9.90 Å². The summed E-state index contributed by atoms with van der Waals surface area (Å²) >= 11 is 0. The Morgan fingerprint density at radius 1 is 0.552 bits per heavy atom. The van der Waals surface area contributed by atoms with E-state index in [2.05, 4.69) is 46.1 Å². The fraction of sp³-hybridized carbons (Fsp3) is 0.941. The summed E-state index contributed by atoms with van der Waals surface area (Å²) in [4.78, 5) is 14.6. The number of unbranched alkanes of at least 4 members (excludes halogenated alkanes) is 19. The number of esters is 1. The molecule has 0 aliphatic heterocycles. The van der Waals surface area contributed by atoms with Crippen LogP contribution in [0.4, 0.5) is 0 Å². The third kappa shape index (κ3) is 43.0. The van der Waals surface area contributed by atoms with Crippen LogP contribution in [-0.4, -0.2) is 79.9 Å². The Hall–Kier alpha value is -1.15. The molecule has 0 amide bonds. The van der Waals surface area contributed by atoms with Crippen molar-refractivity contribution >= 4 is 5.97 Å². The van der Waals surface area contributed by atoms with Gasteiger partial charge in [0, 0.05) is 25.4 Å². The summed E-state index contributed by atoms with van der Waals surface area (Å²) in [6.07, 6.45) is 37.6. The summed E-state index contributed by atoms with van der Waals surface area (Å²) in [7, 11) is 0. The number of hydrogen-bond donors (Lipinski definition) is 2. The highest BCUT2D eigenvalue weighted by molar-refractivity contribution is 5.69. The first-order chi connectivity index (χ1) is 28.3. The van der Waals surface area contributed by atoms with Gasteiger partial charge in [-0.25, -0.2) is 0 Å². The zero-order valence-corrected chi connectivity index (χ0v) is 40.0. The minimum absolute atomic E-state index is 0.0341. The number of nitrogens with zero attached hydrogens (tertiary/aromatic N) is 1.